The minimum atomic E-state index is -0.931. The maximum absolute atomic E-state index is 10.8. The number of carboxylic acids is 2. The molecule has 2 saturated carbocycles. The van der Waals surface area contributed by atoms with Gasteiger partial charge in [0.1, 0.15) is 0 Å². The van der Waals surface area contributed by atoms with Crippen molar-refractivity contribution in [2.24, 2.45) is 23.7 Å². The van der Waals surface area contributed by atoms with E-state index in [1.807, 2.05) is 0 Å². The van der Waals surface area contributed by atoms with Gasteiger partial charge in [-0.3, -0.25) is 9.59 Å². The summed E-state index contributed by atoms with van der Waals surface area (Å²) in [5.41, 5.74) is 0. The highest BCUT2D eigenvalue weighted by Crippen LogP contribution is 2.52. The zero-order valence-corrected chi connectivity index (χ0v) is 7.14. The van der Waals surface area contributed by atoms with Crippen molar-refractivity contribution in [3.05, 3.63) is 0 Å². The highest BCUT2D eigenvalue weighted by Gasteiger charge is 2.54. The number of hydrogen-bond acceptors (Lipinski definition) is 2. The Morgan fingerprint density at radius 2 is 1.31 bits per heavy atom. The number of hydrogen-bond donors (Lipinski definition) is 2. The van der Waals surface area contributed by atoms with Crippen LogP contribution in [-0.4, -0.2) is 22.2 Å². The van der Waals surface area contributed by atoms with Crippen LogP contribution in [0.25, 0.3) is 0 Å². The molecule has 2 aliphatic carbocycles. The fourth-order valence-corrected chi connectivity index (χ4v) is 3.00. The van der Waals surface area contributed by atoms with Crippen LogP contribution in [0.4, 0.5) is 0 Å². The van der Waals surface area contributed by atoms with Gasteiger partial charge in [-0.15, -0.1) is 0 Å². The molecule has 0 spiro atoms. The summed E-state index contributed by atoms with van der Waals surface area (Å²) in [6.45, 7) is 0. The van der Waals surface area contributed by atoms with E-state index in [1.165, 1.54) is 0 Å². The Morgan fingerprint density at radius 3 is 1.62 bits per heavy atom. The van der Waals surface area contributed by atoms with Gasteiger partial charge in [-0.1, -0.05) is 0 Å². The van der Waals surface area contributed by atoms with Gasteiger partial charge in [0.25, 0.3) is 0 Å². The van der Waals surface area contributed by atoms with Crippen LogP contribution in [0.3, 0.4) is 0 Å². The number of aliphatic carboxylic acids is 2. The fraction of sp³-hybridized carbons (Fsp3) is 0.778. The molecular formula is C9H12O4. The lowest BCUT2D eigenvalue weighted by Crippen LogP contribution is -2.34. The minimum Gasteiger partial charge on any atom is -0.481 e. The maximum atomic E-state index is 10.8. The van der Waals surface area contributed by atoms with Gasteiger partial charge in [0.2, 0.25) is 0 Å². The van der Waals surface area contributed by atoms with E-state index in [-0.39, 0.29) is 11.8 Å². The molecule has 2 rings (SSSR count). The summed E-state index contributed by atoms with van der Waals surface area (Å²) >= 11 is 0. The quantitative estimate of drug-likeness (QED) is 0.666. The van der Waals surface area contributed by atoms with Gasteiger partial charge < -0.3 is 10.2 Å². The number of fused-ring (bicyclic) bond motifs is 2. The topological polar surface area (TPSA) is 74.6 Å². The number of carboxylic acid groups (broad SMARTS) is 2. The molecule has 72 valence electrons. The predicted octanol–water partition coefficient (Wildman–Crippen LogP) is 0.818. The molecule has 0 aliphatic heterocycles. The van der Waals surface area contributed by atoms with Crippen LogP contribution < -0.4 is 0 Å². The Labute approximate surface area is 75.6 Å². The first-order chi connectivity index (χ1) is 6.11. The second kappa shape index (κ2) is 2.72. The van der Waals surface area contributed by atoms with E-state index in [0.717, 1.165) is 19.3 Å². The third kappa shape index (κ3) is 1.12. The normalized spacial score (nSPS) is 42.2. The predicted molar refractivity (Wildman–Crippen MR) is 43.1 cm³/mol. The molecule has 2 bridgehead atoms. The summed E-state index contributed by atoms with van der Waals surface area (Å²) in [7, 11) is 0. The van der Waals surface area contributed by atoms with Crippen LogP contribution in [0.5, 0.6) is 0 Å². The molecule has 2 unspecified atom stereocenters. The van der Waals surface area contributed by atoms with Crippen molar-refractivity contribution < 1.29 is 19.8 Å². The van der Waals surface area contributed by atoms with Crippen molar-refractivity contribution in [3.63, 3.8) is 0 Å². The molecule has 0 amide bonds. The Balaban J connectivity index is 2.24. The highest BCUT2D eigenvalue weighted by atomic mass is 16.4. The molecule has 2 fully saturated rings. The maximum Gasteiger partial charge on any atom is 0.307 e. The Morgan fingerprint density at radius 1 is 0.923 bits per heavy atom. The monoisotopic (exact) mass is 184 g/mol. The van der Waals surface area contributed by atoms with Gasteiger partial charge in [0.15, 0.2) is 0 Å². The lowest BCUT2D eigenvalue weighted by atomic mass is 9.79. The molecule has 4 atom stereocenters. The molecule has 2 aliphatic rings. The van der Waals surface area contributed by atoms with Crippen molar-refractivity contribution >= 4 is 11.9 Å². The average Bonchev–Trinajstić information content (AvgIpc) is 2.60. The summed E-state index contributed by atoms with van der Waals surface area (Å²) in [4.78, 5) is 21.7. The van der Waals surface area contributed by atoms with Crippen molar-refractivity contribution in [1.82, 2.24) is 0 Å². The van der Waals surface area contributed by atoms with E-state index in [1.54, 1.807) is 0 Å². The van der Waals surface area contributed by atoms with E-state index in [2.05, 4.69) is 0 Å². The Hall–Kier alpha value is -1.06. The smallest absolute Gasteiger partial charge is 0.307 e. The van der Waals surface area contributed by atoms with E-state index >= 15 is 0 Å². The van der Waals surface area contributed by atoms with Gasteiger partial charge in [0, 0.05) is 0 Å². The molecule has 0 aromatic heterocycles. The molecule has 2 N–H and O–H groups in total. The van der Waals surface area contributed by atoms with Crippen molar-refractivity contribution in [2.75, 3.05) is 0 Å². The van der Waals surface area contributed by atoms with Crippen LogP contribution in [0.1, 0.15) is 19.3 Å². The third-order valence-corrected chi connectivity index (χ3v) is 3.49. The standard InChI is InChI=1S/C9H12O4/c10-8(11)6-4-1-2-5(3-4)7(6)9(12)13/h4-7H,1-3H2,(H,10,11)(H,12,13)/t4?,5?,6-,7-/m0/s1. The Bertz CT molecular complexity index is 234. The summed E-state index contributed by atoms with van der Waals surface area (Å²) in [6, 6.07) is 0. The fourth-order valence-electron chi connectivity index (χ4n) is 3.00. The minimum absolute atomic E-state index is 0.114. The van der Waals surface area contributed by atoms with Gasteiger partial charge in [-0.25, -0.2) is 0 Å². The summed E-state index contributed by atoms with van der Waals surface area (Å²) < 4.78 is 0. The van der Waals surface area contributed by atoms with Gasteiger partial charge in [-0.05, 0) is 31.1 Å². The van der Waals surface area contributed by atoms with E-state index in [4.69, 9.17) is 10.2 Å². The van der Waals surface area contributed by atoms with E-state index in [0.29, 0.717) is 0 Å². The summed E-state index contributed by atoms with van der Waals surface area (Å²) in [5.74, 6) is -2.89. The molecule has 0 aromatic carbocycles. The molecule has 0 heterocycles. The van der Waals surface area contributed by atoms with Crippen LogP contribution in [0.15, 0.2) is 0 Å². The lowest BCUT2D eigenvalue weighted by molar-refractivity contribution is -0.156. The number of carbonyl (C=O) groups is 2. The van der Waals surface area contributed by atoms with Crippen LogP contribution in [0, 0.1) is 23.7 Å². The lowest BCUT2D eigenvalue weighted by Gasteiger charge is -2.24. The average molecular weight is 184 g/mol. The summed E-state index contributed by atoms with van der Waals surface area (Å²) in [5, 5.41) is 17.8. The molecule has 13 heavy (non-hydrogen) atoms. The molecule has 0 saturated heterocycles. The van der Waals surface area contributed by atoms with Gasteiger partial charge in [0.05, 0.1) is 11.8 Å². The first-order valence-electron chi connectivity index (χ1n) is 4.57. The SMILES string of the molecule is O=C(O)[C@H]1C2CCC(C2)[C@@H]1C(=O)O. The van der Waals surface area contributed by atoms with Crippen LogP contribution >= 0.6 is 0 Å². The second-order valence-corrected chi connectivity index (χ2v) is 4.06. The zero-order chi connectivity index (χ0) is 9.59. The Kier molecular flexibility index (Phi) is 1.78. The van der Waals surface area contributed by atoms with Crippen molar-refractivity contribution in [3.8, 4) is 0 Å². The van der Waals surface area contributed by atoms with Crippen LogP contribution in [0.2, 0.25) is 0 Å². The van der Waals surface area contributed by atoms with Gasteiger partial charge in [-0.2, -0.15) is 0 Å². The third-order valence-electron chi connectivity index (χ3n) is 3.49. The van der Waals surface area contributed by atoms with Crippen LogP contribution in [-0.2, 0) is 9.59 Å². The largest absolute Gasteiger partial charge is 0.481 e. The molecule has 0 aromatic rings. The van der Waals surface area contributed by atoms with Crippen molar-refractivity contribution in [2.45, 2.75) is 19.3 Å². The van der Waals surface area contributed by atoms with Crippen molar-refractivity contribution in [1.29, 1.82) is 0 Å². The summed E-state index contributed by atoms with van der Waals surface area (Å²) in [6.07, 6.45) is 2.59. The van der Waals surface area contributed by atoms with E-state index in [9.17, 15) is 9.59 Å². The molecule has 4 heteroatoms. The molecular weight excluding hydrogens is 172 g/mol. The van der Waals surface area contributed by atoms with Gasteiger partial charge >= 0.3 is 11.9 Å². The van der Waals surface area contributed by atoms with E-state index < -0.39 is 23.8 Å². The second-order valence-electron chi connectivity index (χ2n) is 4.06. The highest BCUT2D eigenvalue weighted by molar-refractivity contribution is 5.81. The first kappa shape index (κ1) is 8.53. The molecule has 4 nitrogen and oxygen atoms in total. The molecule has 0 radical (unpaired) electrons. The zero-order valence-electron chi connectivity index (χ0n) is 7.14. The number of rotatable bonds is 2. The first-order valence-corrected chi connectivity index (χ1v) is 4.57.